The van der Waals surface area contributed by atoms with Gasteiger partial charge >= 0.3 is 5.97 Å². The van der Waals surface area contributed by atoms with E-state index in [-0.39, 0.29) is 37.8 Å². The van der Waals surface area contributed by atoms with Crippen LogP contribution in [0, 0.1) is 0 Å². The second-order valence-corrected chi connectivity index (χ2v) is 4.43. The van der Waals surface area contributed by atoms with Crippen LogP contribution in [-0.2, 0) is 20.9 Å². The topological polar surface area (TPSA) is 87.1 Å². The molecule has 0 aliphatic carbocycles. The molecule has 1 heterocycles. The lowest BCUT2D eigenvalue weighted by Crippen LogP contribution is -2.46. The minimum absolute atomic E-state index is 0.120. The second-order valence-electron chi connectivity index (χ2n) is 4.43. The van der Waals surface area contributed by atoms with Crippen LogP contribution in [0.5, 0.6) is 5.75 Å². The number of amides is 1. The largest absolute Gasteiger partial charge is 0.508 e. The predicted octanol–water partition coefficient (Wildman–Crippen LogP) is 0.594. The van der Waals surface area contributed by atoms with Crippen molar-refractivity contribution in [1.82, 2.24) is 4.90 Å². The summed E-state index contributed by atoms with van der Waals surface area (Å²) in [6, 6.07) is 6.75. The summed E-state index contributed by atoms with van der Waals surface area (Å²) in [7, 11) is 0. The zero-order chi connectivity index (χ0) is 13.8. The first kappa shape index (κ1) is 13.4. The molecule has 19 heavy (non-hydrogen) atoms. The predicted molar refractivity (Wildman–Crippen MR) is 65.5 cm³/mol. The Morgan fingerprint density at radius 1 is 1.42 bits per heavy atom. The van der Waals surface area contributed by atoms with Gasteiger partial charge < -0.3 is 19.8 Å². The molecule has 2 N–H and O–H groups in total. The standard InChI is InChI=1S/C13H15NO5/c15-11-4-2-1-3-9(11)6-14-7-10(5-13(17)18)19-8-12(14)16/h1-4,10,15H,5-8H2,(H,17,18). The number of aliphatic carboxylic acids is 1. The van der Waals surface area contributed by atoms with E-state index in [1.165, 1.54) is 4.90 Å². The van der Waals surface area contributed by atoms with Gasteiger partial charge in [-0.25, -0.2) is 0 Å². The molecule has 1 atom stereocenters. The van der Waals surface area contributed by atoms with Gasteiger partial charge in [-0.3, -0.25) is 9.59 Å². The van der Waals surface area contributed by atoms with Gasteiger partial charge in [-0.2, -0.15) is 0 Å². The maximum atomic E-state index is 11.7. The molecule has 1 unspecified atom stereocenters. The molecule has 0 bridgehead atoms. The number of carboxylic acids is 1. The number of ether oxygens (including phenoxy) is 1. The van der Waals surface area contributed by atoms with Crippen LogP contribution in [0.1, 0.15) is 12.0 Å². The molecule has 6 heteroatoms. The Morgan fingerprint density at radius 2 is 2.16 bits per heavy atom. The van der Waals surface area contributed by atoms with E-state index in [4.69, 9.17) is 9.84 Å². The molecule has 1 aliphatic heterocycles. The van der Waals surface area contributed by atoms with Gasteiger partial charge in [0, 0.05) is 18.7 Å². The van der Waals surface area contributed by atoms with E-state index in [1.807, 2.05) is 0 Å². The number of carbonyl (C=O) groups is 2. The highest BCUT2D eigenvalue weighted by Crippen LogP contribution is 2.20. The third kappa shape index (κ3) is 3.45. The van der Waals surface area contributed by atoms with Crippen LogP contribution in [0.15, 0.2) is 24.3 Å². The van der Waals surface area contributed by atoms with Gasteiger partial charge in [-0.15, -0.1) is 0 Å². The zero-order valence-electron chi connectivity index (χ0n) is 10.3. The normalized spacial score (nSPS) is 19.5. The summed E-state index contributed by atoms with van der Waals surface area (Å²) in [5, 5.41) is 18.4. The Morgan fingerprint density at radius 3 is 2.84 bits per heavy atom. The van der Waals surface area contributed by atoms with Crippen molar-refractivity contribution >= 4 is 11.9 Å². The Labute approximate surface area is 110 Å². The Bertz CT molecular complexity index is 488. The maximum Gasteiger partial charge on any atom is 0.306 e. The molecule has 2 rings (SSSR count). The summed E-state index contributed by atoms with van der Waals surface area (Å²) in [6.07, 6.45) is -0.633. The quantitative estimate of drug-likeness (QED) is 0.832. The van der Waals surface area contributed by atoms with Crippen LogP contribution < -0.4 is 0 Å². The smallest absolute Gasteiger partial charge is 0.306 e. The summed E-state index contributed by atoms with van der Waals surface area (Å²) < 4.78 is 5.16. The molecular weight excluding hydrogens is 250 g/mol. The number of carbonyl (C=O) groups excluding carboxylic acids is 1. The van der Waals surface area contributed by atoms with Gasteiger partial charge in [0.15, 0.2) is 0 Å². The highest BCUT2D eigenvalue weighted by atomic mass is 16.5. The molecule has 1 saturated heterocycles. The van der Waals surface area contributed by atoms with E-state index in [1.54, 1.807) is 24.3 Å². The van der Waals surface area contributed by atoms with Crippen LogP contribution in [0.3, 0.4) is 0 Å². The fourth-order valence-corrected chi connectivity index (χ4v) is 2.00. The molecule has 6 nitrogen and oxygen atoms in total. The number of rotatable bonds is 4. The number of para-hydroxylation sites is 1. The van der Waals surface area contributed by atoms with Gasteiger partial charge in [0.25, 0.3) is 0 Å². The summed E-state index contributed by atoms with van der Waals surface area (Å²) in [5.41, 5.74) is 0.631. The van der Waals surface area contributed by atoms with Crippen molar-refractivity contribution in [3.63, 3.8) is 0 Å². The van der Waals surface area contributed by atoms with E-state index < -0.39 is 12.1 Å². The third-order valence-electron chi connectivity index (χ3n) is 2.97. The second kappa shape index (κ2) is 5.71. The highest BCUT2D eigenvalue weighted by Gasteiger charge is 2.28. The van der Waals surface area contributed by atoms with Crippen LogP contribution in [0.25, 0.3) is 0 Å². The summed E-state index contributed by atoms with van der Waals surface area (Å²) in [6.45, 7) is 0.357. The molecule has 0 radical (unpaired) electrons. The Hall–Kier alpha value is -2.08. The van der Waals surface area contributed by atoms with Crippen molar-refractivity contribution in [2.24, 2.45) is 0 Å². The lowest BCUT2D eigenvalue weighted by molar-refractivity contribution is -0.155. The number of phenolic OH excluding ortho intramolecular Hbond substituents is 1. The van der Waals surface area contributed by atoms with E-state index in [0.29, 0.717) is 5.56 Å². The molecule has 0 saturated carbocycles. The number of phenols is 1. The zero-order valence-corrected chi connectivity index (χ0v) is 10.3. The fraction of sp³-hybridized carbons (Fsp3) is 0.385. The lowest BCUT2D eigenvalue weighted by atomic mass is 10.1. The van der Waals surface area contributed by atoms with E-state index >= 15 is 0 Å². The van der Waals surface area contributed by atoms with Gasteiger partial charge in [0.1, 0.15) is 12.4 Å². The van der Waals surface area contributed by atoms with Gasteiger partial charge in [0.2, 0.25) is 5.91 Å². The van der Waals surface area contributed by atoms with Crippen molar-refractivity contribution in [3.8, 4) is 5.75 Å². The minimum atomic E-state index is -0.957. The number of hydrogen-bond acceptors (Lipinski definition) is 4. The van der Waals surface area contributed by atoms with Crippen LogP contribution in [-0.4, -0.2) is 46.2 Å². The van der Waals surface area contributed by atoms with Crippen molar-refractivity contribution < 1.29 is 24.5 Å². The molecule has 1 aromatic carbocycles. The van der Waals surface area contributed by atoms with Crippen LogP contribution >= 0.6 is 0 Å². The Kier molecular flexibility index (Phi) is 4.01. The van der Waals surface area contributed by atoms with Crippen LogP contribution in [0.2, 0.25) is 0 Å². The van der Waals surface area contributed by atoms with E-state index in [0.717, 1.165) is 0 Å². The first-order valence-electron chi connectivity index (χ1n) is 5.94. The lowest BCUT2D eigenvalue weighted by Gasteiger charge is -2.32. The first-order chi connectivity index (χ1) is 9.06. The number of benzene rings is 1. The van der Waals surface area contributed by atoms with Gasteiger partial charge in [0.05, 0.1) is 12.5 Å². The maximum absolute atomic E-state index is 11.7. The monoisotopic (exact) mass is 265 g/mol. The SMILES string of the molecule is O=C(O)CC1CN(Cc2ccccc2O)C(=O)CO1. The summed E-state index contributed by atoms with van der Waals surface area (Å²) in [4.78, 5) is 23.9. The minimum Gasteiger partial charge on any atom is -0.508 e. The molecule has 1 aliphatic rings. The highest BCUT2D eigenvalue weighted by molar-refractivity contribution is 5.78. The van der Waals surface area contributed by atoms with Crippen molar-refractivity contribution in [3.05, 3.63) is 29.8 Å². The Balaban J connectivity index is 2.03. The fourth-order valence-electron chi connectivity index (χ4n) is 2.00. The molecule has 1 fully saturated rings. The van der Waals surface area contributed by atoms with Gasteiger partial charge in [-0.1, -0.05) is 18.2 Å². The van der Waals surface area contributed by atoms with Crippen molar-refractivity contribution in [2.45, 2.75) is 19.1 Å². The molecule has 0 aromatic heterocycles. The van der Waals surface area contributed by atoms with Crippen LogP contribution in [0.4, 0.5) is 0 Å². The average Bonchev–Trinajstić information content (AvgIpc) is 2.35. The number of aromatic hydroxyl groups is 1. The number of morpholine rings is 1. The molecule has 0 spiro atoms. The molecule has 1 amide bonds. The number of nitrogens with zero attached hydrogens (tertiary/aromatic N) is 1. The molecule has 1 aromatic rings. The number of carboxylic acid groups (broad SMARTS) is 1. The van der Waals surface area contributed by atoms with Crippen molar-refractivity contribution in [1.29, 1.82) is 0 Å². The summed E-state index contributed by atoms with van der Waals surface area (Å²) in [5.74, 6) is -1.04. The van der Waals surface area contributed by atoms with Crippen molar-refractivity contribution in [2.75, 3.05) is 13.2 Å². The average molecular weight is 265 g/mol. The molecule has 102 valence electrons. The molecular formula is C13H15NO5. The summed E-state index contributed by atoms with van der Waals surface area (Å²) >= 11 is 0. The van der Waals surface area contributed by atoms with Gasteiger partial charge in [-0.05, 0) is 6.07 Å². The van der Waals surface area contributed by atoms with E-state index in [9.17, 15) is 14.7 Å². The number of hydrogen-bond donors (Lipinski definition) is 2. The first-order valence-corrected chi connectivity index (χ1v) is 5.94. The van der Waals surface area contributed by atoms with E-state index in [2.05, 4.69) is 0 Å². The third-order valence-corrected chi connectivity index (χ3v) is 2.97.